The number of rotatable bonds is 3. The number of hydrogen-bond donors (Lipinski definition) is 1. The van der Waals surface area contributed by atoms with Gasteiger partial charge < -0.3 is 14.6 Å². The molecule has 0 radical (unpaired) electrons. The lowest BCUT2D eigenvalue weighted by molar-refractivity contribution is 0.195. The highest BCUT2D eigenvalue weighted by Crippen LogP contribution is 2.40. The van der Waals surface area contributed by atoms with Crippen LogP contribution in [0.2, 0.25) is 0 Å². The topological polar surface area (TPSA) is 38.7 Å². The molecule has 1 aliphatic rings. The van der Waals surface area contributed by atoms with Crippen LogP contribution in [0.15, 0.2) is 12.1 Å². The maximum Gasteiger partial charge on any atom is 0.164 e. The lowest BCUT2D eigenvalue weighted by Gasteiger charge is -2.20. The molecule has 1 aliphatic heterocycles. The fourth-order valence-electron chi connectivity index (χ4n) is 2.43. The molecule has 0 fully saturated rings. The van der Waals surface area contributed by atoms with Gasteiger partial charge in [-0.05, 0) is 30.9 Å². The van der Waals surface area contributed by atoms with Gasteiger partial charge in [-0.3, -0.25) is 0 Å². The summed E-state index contributed by atoms with van der Waals surface area (Å²) < 4.78 is 11.6. The van der Waals surface area contributed by atoms with Crippen LogP contribution < -0.4 is 9.47 Å². The highest BCUT2D eigenvalue weighted by atomic mass is 16.5. The van der Waals surface area contributed by atoms with Crippen molar-refractivity contribution in [3.63, 3.8) is 0 Å². The monoisotopic (exact) mass is 250 g/mol. The summed E-state index contributed by atoms with van der Waals surface area (Å²) in [6.07, 6.45) is 1.23. The van der Waals surface area contributed by atoms with Crippen molar-refractivity contribution >= 4 is 0 Å². The minimum Gasteiger partial charge on any atom is -0.490 e. The number of ether oxygens (including phenoxy) is 2. The van der Waals surface area contributed by atoms with Crippen LogP contribution in [0.5, 0.6) is 11.5 Å². The Morgan fingerprint density at radius 2 is 1.89 bits per heavy atom. The van der Waals surface area contributed by atoms with Crippen molar-refractivity contribution in [3.8, 4) is 11.5 Å². The minimum absolute atomic E-state index is 0.341. The molecule has 1 N–H and O–H groups in total. The van der Waals surface area contributed by atoms with E-state index in [1.165, 1.54) is 5.56 Å². The van der Waals surface area contributed by atoms with Crippen molar-refractivity contribution in [1.29, 1.82) is 0 Å². The number of aliphatic hydroxyl groups excluding tert-OH is 1. The van der Waals surface area contributed by atoms with Gasteiger partial charge in [-0.25, -0.2) is 0 Å². The van der Waals surface area contributed by atoms with Gasteiger partial charge in [0.2, 0.25) is 0 Å². The van der Waals surface area contributed by atoms with Crippen molar-refractivity contribution in [2.75, 3.05) is 13.2 Å². The maximum atomic E-state index is 9.60. The van der Waals surface area contributed by atoms with E-state index in [0.717, 1.165) is 23.5 Å². The molecular formula is C15H22O3. The quantitative estimate of drug-likeness (QED) is 0.896. The van der Waals surface area contributed by atoms with E-state index in [2.05, 4.69) is 19.9 Å². The van der Waals surface area contributed by atoms with Crippen molar-refractivity contribution in [1.82, 2.24) is 0 Å². The molecule has 0 aliphatic carbocycles. The Kier molecular flexibility index (Phi) is 4.12. The molecule has 0 spiro atoms. The molecule has 100 valence electrons. The molecule has 1 unspecified atom stereocenters. The number of fused-ring (bicyclic) bond motifs is 1. The molecule has 0 bridgehead atoms. The molecule has 0 saturated heterocycles. The van der Waals surface area contributed by atoms with Gasteiger partial charge in [-0.1, -0.05) is 19.9 Å². The zero-order valence-electron chi connectivity index (χ0n) is 11.4. The summed E-state index contributed by atoms with van der Waals surface area (Å²) in [5.74, 6) is 2.07. The normalized spacial score (nSPS) is 16.5. The highest BCUT2D eigenvalue weighted by Gasteiger charge is 2.20. The summed E-state index contributed by atoms with van der Waals surface area (Å²) in [6.45, 7) is 7.52. The van der Waals surface area contributed by atoms with E-state index in [4.69, 9.17) is 9.47 Å². The third-order valence-electron chi connectivity index (χ3n) is 3.14. The smallest absolute Gasteiger partial charge is 0.164 e. The molecule has 1 heterocycles. The first-order chi connectivity index (χ1) is 8.59. The van der Waals surface area contributed by atoms with Crippen molar-refractivity contribution < 1.29 is 14.6 Å². The van der Waals surface area contributed by atoms with Gasteiger partial charge in [0.1, 0.15) is 0 Å². The van der Waals surface area contributed by atoms with Gasteiger partial charge in [-0.2, -0.15) is 0 Å². The standard InChI is InChI=1S/C15H22O3/c1-10(2)14-12(9-11(3)16)5-6-13-15(14)18-8-4-7-17-13/h5-6,10-11,16H,4,7-9H2,1-3H3. The van der Waals surface area contributed by atoms with Crippen LogP contribution in [-0.4, -0.2) is 24.4 Å². The van der Waals surface area contributed by atoms with Crippen molar-refractivity contribution in [3.05, 3.63) is 23.3 Å². The van der Waals surface area contributed by atoms with Gasteiger partial charge in [0.25, 0.3) is 0 Å². The van der Waals surface area contributed by atoms with Crippen LogP contribution >= 0.6 is 0 Å². The van der Waals surface area contributed by atoms with Gasteiger partial charge >= 0.3 is 0 Å². The average Bonchev–Trinajstić information content (AvgIpc) is 2.52. The fourth-order valence-corrected chi connectivity index (χ4v) is 2.43. The first-order valence-electron chi connectivity index (χ1n) is 6.69. The Morgan fingerprint density at radius 3 is 2.56 bits per heavy atom. The SMILES string of the molecule is CC(O)Cc1ccc2c(c1C(C)C)OCCCO2. The summed E-state index contributed by atoms with van der Waals surface area (Å²) in [4.78, 5) is 0. The predicted molar refractivity (Wildman–Crippen MR) is 71.5 cm³/mol. The van der Waals surface area contributed by atoms with Gasteiger partial charge in [0, 0.05) is 12.0 Å². The largest absolute Gasteiger partial charge is 0.490 e. The van der Waals surface area contributed by atoms with Gasteiger partial charge in [0.05, 0.1) is 19.3 Å². The molecular weight excluding hydrogens is 228 g/mol. The molecule has 0 saturated carbocycles. The van der Waals surface area contributed by atoms with Gasteiger partial charge in [-0.15, -0.1) is 0 Å². The predicted octanol–water partition coefficient (Wildman–Crippen LogP) is 2.89. The maximum absolute atomic E-state index is 9.60. The molecule has 0 aromatic heterocycles. The van der Waals surface area contributed by atoms with E-state index in [1.54, 1.807) is 0 Å². The zero-order valence-corrected chi connectivity index (χ0v) is 11.4. The Hall–Kier alpha value is -1.22. The van der Waals surface area contributed by atoms with E-state index in [1.807, 2.05) is 13.0 Å². The number of benzene rings is 1. The van der Waals surface area contributed by atoms with Crippen LogP contribution in [0.1, 0.15) is 44.2 Å². The molecule has 18 heavy (non-hydrogen) atoms. The van der Waals surface area contributed by atoms with E-state index in [-0.39, 0.29) is 6.10 Å². The summed E-state index contributed by atoms with van der Waals surface area (Å²) in [7, 11) is 0. The van der Waals surface area contributed by atoms with Crippen LogP contribution in [0.4, 0.5) is 0 Å². The second-order valence-electron chi connectivity index (χ2n) is 5.22. The zero-order chi connectivity index (χ0) is 13.1. The molecule has 2 rings (SSSR count). The second-order valence-corrected chi connectivity index (χ2v) is 5.22. The Bertz CT molecular complexity index is 410. The summed E-state index contributed by atoms with van der Waals surface area (Å²) in [5.41, 5.74) is 2.33. The highest BCUT2D eigenvalue weighted by molar-refractivity contribution is 5.52. The lowest BCUT2D eigenvalue weighted by Crippen LogP contribution is -2.09. The Labute approximate surface area is 109 Å². The molecule has 1 atom stereocenters. The molecule has 1 aromatic carbocycles. The van der Waals surface area contributed by atoms with E-state index < -0.39 is 0 Å². The molecule has 3 nitrogen and oxygen atoms in total. The Balaban J connectivity index is 2.46. The fraction of sp³-hybridized carbons (Fsp3) is 0.600. The Morgan fingerprint density at radius 1 is 1.17 bits per heavy atom. The summed E-state index contributed by atoms with van der Waals surface area (Å²) in [5, 5.41) is 9.60. The third kappa shape index (κ3) is 2.78. The van der Waals surface area contributed by atoms with E-state index in [0.29, 0.717) is 25.6 Å². The average molecular weight is 250 g/mol. The van der Waals surface area contributed by atoms with Crippen LogP contribution in [-0.2, 0) is 6.42 Å². The minimum atomic E-state index is -0.341. The third-order valence-corrected chi connectivity index (χ3v) is 3.14. The molecule has 0 amide bonds. The van der Waals surface area contributed by atoms with E-state index >= 15 is 0 Å². The van der Waals surface area contributed by atoms with Crippen LogP contribution in [0.25, 0.3) is 0 Å². The first-order valence-corrected chi connectivity index (χ1v) is 6.69. The number of hydrogen-bond acceptors (Lipinski definition) is 3. The number of aliphatic hydroxyl groups is 1. The lowest BCUT2D eigenvalue weighted by atomic mass is 9.92. The van der Waals surface area contributed by atoms with Crippen LogP contribution in [0.3, 0.4) is 0 Å². The van der Waals surface area contributed by atoms with Crippen LogP contribution in [0, 0.1) is 0 Å². The van der Waals surface area contributed by atoms with Gasteiger partial charge in [0.15, 0.2) is 11.5 Å². The second kappa shape index (κ2) is 5.61. The first kappa shape index (κ1) is 13.2. The van der Waals surface area contributed by atoms with Crippen molar-refractivity contribution in [2.45, 2.75) is 45.6 Å². The molecule has 1 aromatic rings. The van der Waals surface area contributed by atoms with Crippen molar-refractivity contribution in [2.24, 2.45) is 0 Å². The summed E-state index contributed by atoms with van der Waals surface area (Å²) >= 11 is 0. The molecule has 3 heteroatoms. The van der Waals surface area contributed by atoms with E-state index in [9.17, 15) is 5.11 Å². The summed E-state index contributed by atoms with van der Waals surface area (Å²) in [6, 6.07) is 4.01.